The molecule has 0 aromatic heterocycles. The van der Waals surface area contributed by atoms with Crippen molar-refractivity contribution >= 4 is 39.1 Å². The fraction of sp³-hybridized carbons (Fsp3) is 0.0800. The number of carbonyl (C=O) groups is 3. The second-order valence-corrected chi connectivity index (χ2v) is 8.16. The minimum absolute atomic E-state index is 0.0479. The number of Topliss-reactive ketones (excluding diaryl/α,β-unsaturated/α-hetero) is 1. The Balaban J connectivity index is 1.61. The number of fused-ring (bicyclic) bond motifs is 1. The molecular weight excluding hydrogens is 475 g/mol. The fourth-order valence-electron chi connectivity index (χ4n) is 3.47. The van der Waals surface area contributed by atoms with Gasteiger partial charge in [0.15, 0.2) is 5.78 Å². The van der Waals surface area contributed by atoms with Crippen LogP contribution in [0.2, 0.25) is 0 Å². The second kappa shape index (κ2) is 9.28. The maximum Gasteiger partial charge on any atom is 0.247 e. The van der Waals surface area contributed by atoms with Gasteiger partial charge in [-0.3, -0.25) is 14.4 Å². The molecule has 1 amide bonds. The van der Waals surface area contributed by atoms with Gasteiger partial charge in [0.05, 0.1) is 10.2 Å². The zero-order valence-electron chi connectivity index (χ0n) is 16.8. The van der Waals surface area contributed by atoms with Crippen LogP contribution in [-0.2, 0) is 11.2 Å². The molecule has 1 atom stereocenters. The summed E-state index contributed by atoms with van der Waals surface area (Å²) in [5.74, 6) is -1.64. The number of hydrogen-bond acceptors (Lipinski definition) is 4. The predicted octanol–water partition coefficient (Wildman–Crippen LogP) is 4.69. The Hall–Kier alpha value is -3.58. The van der Waals surface area contributed by atoms with E-state index in [9.17, 15) is 18.8 Å². The maximum absolute atomic E-state index is 13.9. The van der Waals surface area contributed by atoms with Crippen molar-refractivity contribution in [1.82, 2.24) is 5.32 Å². The first-order valence-corrected chi connectivity index (χ1v) is 10.7. The van der Waals surface area contributed by atoms with Crippen LogP contribution in [0.4, 0.5) is 10.1 Å². The average Bonchev–Trinajstić information content (AvgIpc) is 2.80. The summed E-state index contributed by atoms with van der Waals surface area (Å²) < 4.78 is 14.2. The maximum atomic E-state index is 13.9. The van der Waals surface area contributed by atoms with Crippen LogP contribution in [0.15, 0.2) is 89.0 Å². The van der Waals surface area contributed by atoms with E-state index < -0.39 is 17.8 Å². The molecule has 0 heterocycles. The Morgan fingerprint density at radius 2 is 1.62 bits per heavy atom. The van der Waals surface area contributed by atoms with Crippen LogP contribution in [-0.4, -0.2) is 23.5 Å². The quantitative estimate of drug-likeness (QED) is 0.523. The highest BCUT2D eigenvalue weighted by Gasteiger charge is 2.29. The molecule has 2 N–H and O–H groups in total. The molecule has 0 saturated heterocycles. The van der Waals surface area contributed by atoms with Crippen LogP contribution in [0.25, 0.3) is 0 Å². The number of benzene rings is 3. The molecule has 0 radical (unpaired) electrons. The van der Waals surface area contributed by atoms with E-state index in [1.165, 1.54) is 18.2 Å². The second-order valence-electron chi connectivity index (χ2n) is 7.30. The highest BCUT2D eigenvalue weighted by molar-refractivity contribution is 9.10. The summed E-state index contributed by atoms with van der Waals surface area (Å²) in [5.41, 5.74) is 1.80. The van der Waals surface area contributed by atoms with Gasteiger partial charge in [-0.15, -0.1) is 0 Å². The molecule has 3 aromatic carbocycles. The first kappa shape index (κ1) is 21.6. The van der Waals surface area contributed by atoms with Gasteiger partial charge in [-0.25, -0.2) is 4.39 Å². The molecule has 32 heavy (non-hydrogen) atoms. The van der Waals surface area contributed by atoms with E-state index in [4.69, 9.17) is 0 Å². The molecule has 5 nitrogen and oxygen atoms in total. The van der Waals surface area contributed by atoms with E-state index in [0.29, 0.717) is 5.56 Å². The third kappa shape index (κ3) is 4.68. The molecule has 0 spiro atoms. The number of ketones is 2. The molecule has 1 aliphatic carbocycles. The number of nitrogens with one attached hydrogen (secondary N) is 2. The third-order valence-corrected chi connectivity index (χ3v) is 5.72. The number of rotatable bonds is 6. The highest BCUT2D eigenvalue weighted by atomic mass is 79.9. The highest BCUT2D eigenvalue weighted by Crippen LogP contribution is 2.22. The summed E-state index contributed by atoms with van der Waals surface area (Å²) in [4.78, 5) is 38.5. The lowest BCUT2D eigenvalue weighted by molar-refractivity contribution is -0.117. The van der Waals surface area contributed by atoms with Crippen molar-refractivity contribution in [3.05, 3.63) is 112 Å². The topological polar surface area (TPSA) is 75.3 Å². The van der Waals surface area contributed by atoms with Crippen LogP contribution >= 0.6 is 15.9 Å². The molecule has 7 heteroatoms. The zero-order chi connectivity index (χ0) is 22.7. The standard InChI is InChI=1S/C25H18BrFN2O3/c26-19-11-10-16(13-20(19)27)28-25(32)22(12-15-6-2-1-3-7-15)29-21-14-23(30)17-8-4-5-9-18(17)24(21)31/h1-11,13-14,22,29H,12H2,(H,28,32)/t22-/m1/s1. The van der Waals surface area contributed by atoms with Gasteiger partial charge in [0.2, 0.25) is 11.7 Å². The normalized spacial score (nSPS) is 13.8. The predicted molar refractivity (Wildman–Crippen MR) is 123 cm³/mol. The Labute approximate surface area is 192 Å². The number of hydrogen-bond donors (Lipinski definition) is 2. The zero-order valence-corrected chi connectivity index (χ0v) is 18.4. The Bertz CT molecular complexity index is 1240. The number of carbonyl (C=O) groups excluding carboxylic acids is 3. The van der Waals surface area contributed by atoms with Crippen LogP contribution in [0.5, 0.6) is 0 Å². The molecule has 0 fully saturated rings. The lowest BCUT2D eigenvalue weighted by atomic mass is 9.92. The smallest absolute Gasteiger partial charge is 0.247 e. The summed E-state index contributed by atoms with van der Waals surface area (Å²) in [6, 6.07) is 19.2. The van der Waals surface area contributed by atoms with Crippen molar-refractivity contribution in [1.29, 1.82) is 0 Å². The summed E-state index contributed by atoms with van der Waals surface area (Å²) in [7, 11) is 0. The van der Waals surface area contributed by atoms with Crippen molar-refractivity contribution in [2.75, 3.05) is 5.32 Å². The van der Waals surface area contributed by atoms with Crippen molar-refractivity contribution in [3.8, 4) is 0 Å². The SMILES string of the molecule is O=C1C=C(N[C@H](Cc2ccccc2)C(=O)Nc2ccc(Br)c(F)c2)C(=O)c2ccccc21. The minimum Gasteiger partial charge on any atom is -0.370 e. The third-order valence-electron chi connectivity index (χ3n) is 5.07. The lowest BCUT2D eigenvalue weighted by Gasteiger charge is -2.23. The number of allylic oxidation sites excluding steroid dienone is 2. The summed E-state index contributed by atoms with van der Waals surface area (Å²) >= 11 is 3.08. The van der Waals surface area contributed by atoms with Gasteiger partial charge in [-0.2, -0.15) is 0 Å². The summed E-state index contributed by atoms with van der Waals surface area (Å²) in [6.45, 7) is 0. The van der Waals surface area contributed by atoms with Gasteiger partial charge in [-0.1, -0.05) is 54.6 Å². The van der Waals surface area contributed by atoms with E-state index in [1.807, 2.05) is 30.3 Å². The molecule has 0 aliphatic heterocycles. The first-order chi connectivity index (χ1) is 15.4. The molecule has 1 aliphatic rings. The molecular formula is C25H18BrFN2O3. The molecule has 4 rings (SSSR count). The van der Waals surface area contributed by atoms with Crippen LogP contribution < -0.4 is 10.6 Å². The number of halogens is 2. The van der Waals surface area contributed by atoms with Crippen LogP contribution in [0.3, 0.4) is 0 Å². The Kier molecular flexibility index (Phi) is 6.28. The summed E-state index contributed by atoms with van der Waals surface area (Å²) in [5, 5.41) is 5.63. The van der Waals surface area contributed by atoms with Gasteiger partial charge < -0.3 is 10.6 Å². The van der Waals surface area contributed by atoms with Crippen molar-refractivity contribution in [2.45, 2.75) is 12.5 Å². The number of anilines is 1. The first-order valence-electron chi connectivity index (χ1n) is 9.88. The van der Waals surface area contributed by atoms with Gasteiger partial charge in [0.1, 0.15) is 11.9 Å². The largest absolute Gasteiger partial charge is 0.370 e. The van der Waals surface area contributed by atoms with Crippen molar-refractivity contribution in [2.24, 2.45) is 0 Å². The number of amides is 1. The van der Waals surface area contributed by atoms with Gasteiger partial charge in [0, 0.05) is 29.3 Å². The molecule has 160 valence electrons. The van der Waals surface area contributed by atoms with Crippen molar-refractivity contribution in [3.63, 3.8) is 0 Å². The summed E-state index contributed by atoms with van der Waals surface area (Å²) in [6.07, 6.45) is 1.47. The lowest BCUT2D eigenvalue weighted by Crippen LogP contribution is -2.44. The van der Waals surface area contributed by atoms with Gasteiger partial charge >= 0.3 is 0 Å². The molecule has 0 unspecified atom stereocenters. The molecule has 3 aromatic rings. The van der Waals surface area contributed by atoms with Crippen molar-refractivity contribution < 1.29 is 18.8 Å². The van der Waals surface area contributed by atoms with Gasteiger partial charge in [0.25, 0.3) is 0 Å². The van der Waals surface area contributed by atoms with Crippen LogP contribution in [0.1, 0.15) is 26.3 Å². The monoisotopic (exact) mass is 492 g/mol. The Morgan fingerprint density at radius 3 is 2.34 bits per heavy atom. The Morgan fingerprint density at radius 1 is 0.938 bits per heavy atom. The van der Waals surface area contributed by atoms with Crippen LogP contribution in [0, 0.1) is 5.82 Å². The minimum atomic E-state index is -0.877. The average molecular weight is 493 g/mol. The molecule has 0 saturated carbocycles. The van der Waals surface area contributed by atoms with Gasteiger partial charge in [-0.05, 0) is 39.7 Å². The van der Waals surface area contributed by atoms with E-state index in [2.05, 4.69) is 26.6 Å². The fourth-order valence-corrected chi connectivity index (χ4v) is 3.72. The van der Waals surface area contributed by atoms with E-state index in [1.54, 1.807) is 30.3 Å². The van der Waals surface area contributed by atoms with E-state index >= 15 is 0 Å². The molecule has 0 bridgehead atoms. The van der Waals surface area contributed by atoms with E-state index in [0.717, 1.165) is 5.56 Å². The van der Waals surface area contributed by atoms with E-state index in [-0.39, 0.29) is 39.4 Å².